The van der Waals surface area contributed by atoms with Crippen molar-refractivity contribution in [1.29, 1.82) is 0 Å². The third-order valence-corrected chi connectivity index (χ3v) is 7.86. The lowest BCUT2D eigenvalue weighted by molar-refractivity contribution is -0.137. The Hall–Kier alpha value is -3.34. The van der Waals surface area contributed by atoms with Crippen LogP contribution >= 0.6 is 0 Å². The molecule has 0 saturated heterocycles. The molecular weight excluding hydrogens is 467 g/mol. The summed E-state index contributed by atoms with van der Waals surface area (Å²) in [7, 11) is 1.60. The molecule has 1 aliphatic carbocycles. The summed E-state index contributed by atoms with van der Waals surface area (Å²) in [5.74, 6) is 0.561. The molecular formula is C32H37FO4. The highest BCUT2D eigenvalue weighted by atomic mass is 19.1. The molecule has 0 spiro atoms. The number of ether oxygens (including phenoxy) is 2. The zero-order chi connectivity index (χ0) is 26.6. The molecule has 0 unspecified atom stereocenters. The molecule has 1 aliphatic rings. The van der Waals surface area contributed by atoms with E-state index in [2.05, 4.69) is 19.9 Å². The normalized spacial score (nSPS) is 17.4. The second-order valence-electron chi connectivity index (χ2n) is 10.8. The van der Waals surface area contributed by atoms with Crippen LogP contribution in [0.5, 0.6) is 11.5 Å². The van der Waals surface area contributed by atoms with Gasteiger partial charge in [0.1, 0.15) is 23.9 Å². The number of benzene rings is 3. The van der Waals surface area contributed by atoms with Gasteiger partial charge in [-0.25, -0.2) is 4.39 Å². The average molecular weight is 505 g/mol. The summed E-state index contributed by atoms with van der Waals surface area (Å²) in [6, 6.07) is 18.8. The largest absolute Gasteiger partial charge is 0.497 e. The van der Waals surface area contributed by atoms with Gasteiger partial charge in [0.15, 0.2) is 0 Å². The van der Waals surface area contributed by atoms with Gasteiger partial charge in [-0.15, -0.1) is 0 Å². The Morgan fingerprint density at radius 2 is 1.89 bits per heavy atom. The maximum Gasteiger partial charge on any atom is 0.303 e. The quantitative estimate of drug-likeness (QED) is 0.301. The molecule has 0 aromatic heterocycles. The third-order valence-electron chi connectivity index (χ3n) is 7.86. The van der Waals surface area contributed by atoms with Crippen molar-refractivity contribution in [1.82, 2.24) is 0 Å². The number of carbonyl (C=O) groups is 1. The van der Waals surface area contributed by atoms with E-state index in [0.29, 0.717) is 29.6 Å². The zero-order valence-electron chi connectivity index (χ0n) is 22.2. The van der Waals surface area contributed by atoms with Crippen LogP contribution in [0.15, 0.2) is 60.7 Å². The van der Waals surface area contributed by atoms with Crippen molar-refractivity contribution < 1.29 is 23.8 Å². The van der Waals surface area contributed by atoms with Gasteiger partial charge in [-0.3, -0.25) is 4.79 Å². The Bertz CT molecular complexity index is 1250. The maximum absolute atomic E-state index is 15.0. The van der Waals surface area contributed by atoms with Crippen molar-refractivity contribution in [3.63, 3.8) is 0 Å². The van der Waals surface area contributed by atoms with Gasteiger partial charge in [0.05, 0.1) is 13.5 Å². The van der Waals surface area contributed by atoms with Crippen LogP contribution in [0.25, 0.3) is 11.1 Å². The van der Waals surface area contributed by atoms with Crippen LogP contribution in [0.4, 0.5) is 4.39 Å². The van der Waals surface area contributed by atoms with Crippen molar-refractivity contribution in [2.75, 3.05) is 7.11 Å². The van der Waals surface area contributed by atoms with Crippen molar-refractivity contribution in [3.8, 4) is 22.6 Å². The standard InChI is InChI=1S/C32H37FO4/c1-5-22(18-31(34)35)23-8-6-9-25(17-23)37-20-21-11-13-26(28-19-24(36-4)12-14-30(28)33)27(16-21)29-10-7-15-32(29,2)3/h6,8-9,11-14,16-17,19,22,29H,5,7,10,15,18,20H2,1-4H3,(H,34,35)/t22-,29+/m1/s1. The number of hydrogen-bond acceptors (Lipinski definition) is 3. The molecule has 3 aromatic carbocycles. The predicted molar refractivity (Wildman–Crippen MR) is 145 cm³/mol. The lowest BCUT2D eigenvalue weighted by atomic mass is 9.75. The number of carboxylic acid groups (broad SMARTS) is 1. The number of methoxy groups -OCH3 is 1. The molecule has 0 aliphatic heterocycles. The van der Waals surface area contributed by atoms with Crippen molar-refractivity contribution >= 4 is 5.97 Å². The van der Waals surface area contributed by atoms with Crippen molar-refractivity contribution in [2.24, 2.45) is 5.41 Å². The topological polar surface area (TPSA) is 55.8 Å². The lowest BCUT2D eigenvalue weighted by Gasteiger charge is -2.30. The molecule has 5 heteroatoms. The van der Waals surface area contributed by atoms with Crippen LogP contribution in [0.2, 0.25) is 0 Å². The SMILES string of the molecule is CC[C@H](CC(=O)O)c1cccc(OCc2ccc(-c3cc(OC)ccc3F)c([C@@H]3CCCC3(C)C)c2)c1. The van der Waals surface area contributed by atoms with Crippen LogP contribution in [0, 0.1) is 11.2 Å². The summed E-state index contributed by atoms with van der Waals surface area (Å²) in [5, 5.41) is 9.24. The van der Waals surface area contributed by atoms with E-state index in [9.17, 15) is 9.90 Å². The van der Waals surface area contributed by atoms with E-state index >= 15 is 4.39 Å². The number of carboxylic acids is 1. The second-order valence-corrected chi connectivity index (χ2v) is 10.8. The molecule has 4 rings (SSSR count). The van der Waals surface area contributed by atoms with E-state index in [-0.39, 0.29) is 23.6 Å². The molecule has 1 saturated carbocycles. The van der Waals surface area contributed by atoms with Gasteiger partial charge >= 0.3 is 5.97 Å². The van der Waals surface area contributed by atoms with E-state index in [0.717, 1.165) is 47.9 Å². The number of hydrogen-bond donors (Lipinski definition) is 1. The van der Waals surface area contributed by atoms with E-state index in [1.54, 1.807) is 19.2 Å². The Morgan fingerprint density at radius 1 is 1.08 bits per heavy atom. The highest BCUT2D eigenvalue weighted by Gasteiger charge is 2.37. The van der Waals surface area contributed by atoms with Crippen LogP contribution in [-0.2, 0) is 11.4 Å². The summed E-state index contributed by atoms with van der Waals surface area (Å²) in [6.07, 6.45) is 4.21. The molecule has 37 heavy (non-hydrogen) atoms. The summed E-state index contributed by atoms with van der Waals surface area (Å²) in [6.45, 7) is 6.97. The number of halogens is 1. The number of aliphatic carboxylic acids is 1. The van der Waals surface area contributed by atoms with Gasteiger partial charge in [-0.2, -0.15) is 0 Å². The Balaban J connectivity index is 1.64. The van der Waals surface area contributed by atoms with Gasteiger partial charge in [0.2, 0.25) is 0 Å². The molecule has 196 valence electrons. The Labute approximate surface area is 219 Å². The second kappa shape index (κ2) is 11.4. The lowest BCUT2D eigenvalue weighted by Crippen LogP contribution is -2.17. The highest BCUT2D eigenvalue weighted by molar-refractivity contribution is 5.71. The summed E-state index contributed by atoms with van der Waals surface area (Å²) >= 11 is 0. The maximum atomic E-state index is 15.0. The van der Waals surface area contributed by atoms with Gasteiger partial charge in [0, 0.05) is 5.56 Å². The third kappa shape index (κ3) is 6.15. The zero-order valence-corrected chi connectivity index (χ0v) is 22.2. The molecule has 4 nitrogen and oxygen atoms in total. The first-order chi connectivity index (χ1) is 17.7. The molecule has 0 heterocycles. The minimum absolute atomic E-state index is 0.0469. The van der Waals surface area contributed by atoms with Crippen LogP contribution in [0.1, 0.15) is 81.4 Å². The highest BCUT2D eigenvalue weighted by Crippen LogP contribution is 2.51. The minimum Gasteiger partial charge on any atom is -0.497 e. The summed E-state index contributed by atoms with van der Waals surface area (Å²) < 4.78 is 26.6. The number of rotatable bonds is 10. The summed E-state index contributed by atoms with van der Waals surface area (Å²) in [4.78, 5) is 11.2. The van der Waals surface area contributed by atoms with Crippen LogP contribution in [0.3, 0.4) is 0 Å². The first kappa shape index (κ1) is 26.7. The fraction of sp³-hybridized carbons (Fsp3) is 0.406. The molecule has 1 fully saturated rings. The average Bonchev–Trinajstić information content (AvgIpc) is 3.25. The van der Waals surface area contributed by atoms with Gasteiger partial charge in [-0.1, -0.05) is 57.5 Å². The van der Waals surface area contributed by atoms with Crippen LogP contribution < -0.4 is 9.47 Å². The smallest absolute Gasteiger partial charge is 0.303 e. The molecule has 0 radical (unpaired) electrons. The molecule has 3 aromatic rings. The van der Waals surface area contributed by atoms with Crippen molar-refractivity contribution in [3.05, 3.63) is 83.2 Å². The van der Waals surface area contributed by atoms with E-state index in [4.69, 9.17) is 9.47 Å². The van der Waals surface area contributed by atoms with E-state index in [1.165, 1.54) is 6.07 Å². The summed E-state index contributed by atoms with van der Waals surface area (Å²) in [5.41, 5.74) is 4.73. The van der Waals surface area contributed by atoms with Crippen LogP contribution in [-0.4, -0.2) is 18.2 Å². The molecule has 0 bridgehead atoms. The van der Waals surface area contributed by atoms with Gasteiger partial charge in [0.25, 0.3) is 0 Å². The first-order valence-electron chi connectivity index (χ1n) is 13.1. The van der Waals surface area contributed by atoms with Crippen molar-refractivity contribution in [2.45, 2.75) is 71.3 Å². The van der Waals surface area contributed by atoms with Gasteiger partial charge < -0.3 is 14.6 Å². The first-order valence-corrected chi connectivity index (χ1v) is 13.1. The minimum atomic E-state index is -0.798. The Morgan fingerprint density at radius 3 is 2.57 bits per heavy atom. The predicted octanol–water partition coefficient (Wildman–Crippen LogP) is 8.34. The monoisotopic (exact) mass is 504 g/mol. The molecule has 2 atom stereocenters. The van der Waals surface area contributed by atoms with E-state index < -0.39 is 5.97 Å². The fourth-order valence-corrected chi connectivity index (χ4v) is 5.71. The molecule has 0 amide bonds. The molecule has 1 N–H and O–H groups in total. The fourth-order valence-electron chi connectivity index (χ4n) is 5.71. The van der Waals surface area contributed by atoms with E-state index in [1.807, 2.05) is 43.3 Å². The Kier molecular flexibility index (Phi) is 8.21. The van der Waals surface area contributed by atoms with Gasteiger partial charge in [-0.05, 0) is 89.1 Å².